The first-order valence-corrected chi connectivity index (χ1v) is 8.76. The standard InChI is InChI=1S/C18H18N4OS/c1-14-7-6-8-15(11-14)12-19-22-17(20-21-18(22)24-2)13-23-16-9-4-3-5-10-16/h3-12H,13H2,1-2H3/b19-12-. The van der Waals surface area contributed by atoms with Gasteiger partial charge in [-0.25, -0.2) is 0 Å². The molecule has 0 aliphatic rings. The van der Waals surface area contributed by atoms with Crippen molar-refractivity contribution in [2.45, 2.75) is 18.7 Å². The van der Waals surface area contributed by atoms with Gasteiger partial charge in [-0.15, -0.1) is 10.2 Å². The fraction of sp³-hybridized carbons (Fsp3) is 0.167. The van der Waals surface area contributed by atoms with Crippen molar-refractivity contribution in [3.8, 4) is 5.75 Å². The van der Waals surface area contributed by atoms with Crippen LogP contribution in [-0.4, -0.2) is 27.3 Å². The Morgan fingerprint density at radius 2 is 1.96 bits per heavy atom. The SMILES string of the molecule is CSc1nnc(COc2ccccc2)n1/N=C\c1cccc(C)c1. The predicted molar refractivity (Wildman–Crippen MR) is 96.7 cm³/mol. The Bertz CT molecular complexity index is 830. The van der Waals surface area contributed by atoms with Crippen LogP contribution in [0.25, 0.3) is 0 Å². The lowest BCUT2D eigenvalue weighted by Gasteiger charge is -2.06. The van der Waals surface area contributed by atoms with Gasteiger partial charge in [-0.3, -0.25) is 0 Å². The highest BCUT2D eigenvalue weighted by atomic mass is 32.2. The maximum atomic E-state index is 5.76. The Morgan fingerprint density at radius 1 is 1.12 bits per heavy atom. The number of aromatic nitrogens is 3. The molecule has 0 N–H and O–H groups in total. The van der Waals surface area contributed by atoms with Crippen LogP contribution in [0.4, 0.5) is 0 Å². The van der Waals surface area contributed by atoms with Gasteiger partial charge in [-0.2, -0.15) is 9.78 Å². The highest BCUT2D eigenvalue weighted by molar-refractivity contribution is 7.98. The Morgan fingerprint density at radius 3 is 2.71 bits per heavy atom. The molecule has 0 bridgehead atoms. The largest absolute Gasteiger partial charge is 0.486 e. The Kier molecular flexibility index (Phi) is 5.28. The third-order valence-corrected chi connectivity index (χ3v) is 3.95. The van der Waals surface area contributed by atoms with Crippen LogP contribution in [-0.2, 0) is 6.61 Å². The normalized spacial score (nSPS) is 11.1. The Hall–Kier alpha value is -2.60. The molecule has 3 rings (SSSR count). The molecule has 0 saturated carbocycles. The molecule has 0 amide bonds. The molecule has 5 nitrogen and oxygen atoms in total. The molecule has 0 saturated heterocycles. The van der Waals surface area contributed by atoms with E-state index in [1.54, 1.807) is 4.68 Å². The summed E-state index contributed by atoms with van der Waals surface area (Å²) >= 11 is 1.50. The number of rotatable bonds is 6. The van der Waals surface area contributed by atoms with Gasteiger partial charge in [0, 0.05) is 0 Å². The summed E-state index contributed by atoms with van der Waals surface area (Å²) in [5.74, 6) is 1.45. The first-order chi connectivity index (χ1) is 11.8. The topological polar surface area (TPSA) is 52.3 Å². The van der Waals surface area contributed by atoms with Gasteiger partial charge in [0.05, 0.1) is 6.21 Å². The molecule has 3 aromatic rings. The van der Waals surface area contributed by atoms with E-state index in [1.807, 2.05) is 54.9 Å². The molecule has 6 heteroatoms. The molecule has 0 radical (unpaired) electrons. The summed E-state index contributed by atoms with van der Waals surface area (Å²) in [5.41, 5.74) is 2.23. The minimum atomic E-state index is 0.308. The van der Waals surface area contributed by atoms with Crippen LogP contribution in [0.15, 0.2) is 64.9 Å². The zero-order valence-electron chi connectivity index (χ0n) is 13.6. The first kappa shape index (κ1) is 16.3. The molecular weight excluding hydrogens is 320 g/mol. The van der Waals surface area contributed by atoms with Crippen molar-refractivity contribution >= 4 is 18.0 Å². The smallest absolute Gasteiger partial charge is 0.211 e. The molecule has 1 heterocycles. The van der Waals surface area contributed by atoms with Crippen molar-refractivity contribution in [3.05, 3.63) is 71.5 Å². The molecule has 1 aromatic heterocycles. The van der Waals surface area contributed by atoms with Gasteiger partial charge >= 0.3 is 0 Å². The van der Waals surface area contributed by atoms with Crippen LogP contribution >= 0.6 is 11.8 Å². The molecule has 24 heavy (non-hydrogen) atoms. The van der Waals surface area contributed by atoms with Gasteiger partial charge in [0.15, 0.2) is 5.82 Å². The van der Waals surface area contributed by atoms with E-state index in [2.05, 4.69) is 34.4 Å². The van der Waals surface area contributed by atoms with Crippen LogP contribution in [0.1, 0.15) is 17.0 Å². The number of thioether (sulfide) groups is 1. The van der Waals surface area contributed by atoms with Crippen molar-refractivity contribution in [2.75, 3.05) is 6.26 Å². The lowest BCUT2D eigenvalue weighted by Crippen LogP contribution is -2.04. The summed E-state index contributed by atoms with van der Waals surface area (Å²) in [4.78, 5) is 0. The van der Waals surface area contributed by atoms with Gasteiger partial charge in [-0.1, -0.05) is 59.8 Å². The van der Waals surface area contributed by atoms with Crippen LogP contribution in [0.2, 0.25) is 0 Å². The maximum Gasteiger partial charge on any atom is 0.211 e. The van der Waals surface area contributed by atoms with Crippen LogP contribution in [0.3, 0.4) is 0 Å². The van der Waals surface area contributed by atoms with Crippen molar-refractivity contribution in [3.63, 3.8) is 0 Å². The van der Waals surface area contributed by atoms with Gasteiger partial charge < -0.3 is 4.74 Å². The molecule has 0 aliphatic carbocycles. The second-order valence-electron chi connectivity index (χ2n) is 5.18. The van der Waals surface area contributed by atoms with E-state index in [0.29, 0.717) is 12.4 Å². The molecule has 0 aliphatic heterocycles. The third kappa shape index (κ3) is 4.02. The fourth-order valence-electron chi connectivity index (χ4n) is 2.17. The monoisotopic (exact) mass is 338 g/mol. The van der Waals surface area contributed by atoms with E-state index in [9.17, 15) is 0 Å². The van der Waals surface area contributed by atoms with Crippen molar-refractivity contribution in [1.29, 1.82) is 0 Å². The zero-order valence-corrected chi connectivity index (χ0v) is 14.4. The highest BCUT2D eigenvalue weighted by Crippen LogP contribution is 2.16. The van der Waals surface area contributed by atoms with Gasteiger partial charge in [0.1, 0.15) is 12.4 Å². The zero-order chi connectivity index (χ0) is 16.8. The average Bonchev–Trinajstić information content (AvgIpc) is 3.01. The third-order valence-electron chi connectivity index (χ3n) is 3.33. The second-order valence-corrected chi connectivity index (χ2v) is 5.95. The average molecular weight is 338 g/mol. The molecule has 0 fully saturated rings. The Balaban J connectivity index is 1.80. The predicted octanol–water partition coefficient (Wildman–Crippen LogP) is 3.77. The van der Waals surface area contributed by atoms with E-state index in [1.165, 1.54) is 17.3 Å². The van der Waals surface area contributed by atoms with Crippen molar-refractivity contribution in [2.24, 2.45) is 5.10 Å². The summed E-state index contributed by atoms with van der Waals surface area (Å²) in [6, 6.07) is 17.8. The molecule has 0 spiro atoms. The van der Waals surface area contributed by atoms with E-state index in [0.717, 1.165) is 16.5 Å². The first-order valence-electron chi connectivity index (χ1n) is 7.53. The summed E-state index contributed by atoms with van der Waals surface area (Å²) in [6.07, 6.45) is 3.76. The van der Waals surface area contributed by atoms with Crippen LogP contribution < -0.4 is 4.74 Å². The van der Waals surface area contributed by atoms with E-state index in [-0.39, 0.29) is 0 Å². The van der Waals surface area contributed by atoms with Crippen molar-refractivity contribution in [1.82, 2.24) is 14.9 Å². The van der Waals surface area contributed by atoms with Crippen LogP contribution in [0.5, 0.6) is 5.75 Å². The highest BCUT2D eigenvalue weighted by Gasteiger charge is 2.11. The van der Waals surface area contributed by atoms with E-state index >= 15 is 0 Å². The quantitative estimate of drug-likeness (QED) is 0.507. The molecule has 0 unspecified atom stereocenters. The lowest BCUT2D eigenvalue weighted by atomic mass is 10.2. The number of hydrogen-bond acceptors (Lipinski definition) is 5. The summed E-state index contributed by atoms with van der Waals surface area (Å²) in [6.45, 7) is 2.37. The number of ether oxygens (including phenoxy) is 1. The fourth-order valence-corrected chi connectivity index (χ4v) is 2.62. The minimum absolute atomic E-state index is 0.308. The van der Waals surface area contributed by atoms with Crippen molar-refractivity contribution < 1.29 is 4.74 Å². The maximum absolute atomic E-state index is 5.76. The number of aryl methyl sites for hydroxylation is 1. The summed E-state index contributed by atoms with van der Waals surface area (Å²) < 4.78 is 7.47. The lowest BCUT2D eigenvalue weighted by molar-refractivity contribution is 0.290. The molecule has 122 valence electrons. The summed E-state index contributed by atoms with van der Waals surface area (Å²) in [7, 11) is 0. The number of hydrogen-bond donors (Lipinski definition) is 0. The van der Waals surface area contributed by atoms with E-state index < -0.39 is 0 Å². The molecule has 0 atom stereocenters. The molecular formula is C18H18N4OS. The second kappa shape index (κ2) is 7.79. The van der Waals surface area contributed by atoms with Gasteiger partial charge in [0.2, 0.25) is 5.16 Å². The van der Waals surface area contributed by atoms with E-state index in [4.69, 9.17) is 4.74 Å². The van der Waals surface area contributed by atoms with Gasteiger partial charge in [-0.05, 0) is 30.9 Å². The van der Waals surface area contributed by atoms with Crippen LogP contribution in [0, 0.1) is 6.92 Å². The van der Waals surface area contributed by atoms with Gasteiger partial charge in [0.25, 0.3) is 0 Å². The summed E-state index contributed by atoms with van der Waals surface area (Å²) in [5, 5.41) is 13.6. The minimum Gasteiger partial charge on any atom is -0.486 e. The number of para-hydroxylation sites is 1. The Labute approximate surface area is 145 Å². The molecule has 2 aromatic carbocycles. The number of nitrogens with zero attached hydrogens (tertiary/aromatic N) is 4. The number of benzene rings is 2.